The van der Waals surface area contributed by atoms with E-state index in [4.69, 9.17) is 5.73 Å². The zero-order valence-corrected chi connectivity index (χ0v) is 26.7. The van der Waals surface area contributed by atoms with Crippen molar-refractivity contribution in [3.63, 3.8) is 0 Å². The van der Waals surface area contributed by atoms with Crippen LogP contribution in [-0.2, 0) is 24.8 Å². The molecule has 4 aliphatic carbocycles. The molecule has 1 N–H and O–H groups in total. The number of carbonyl (C=O) groups excluding carboxylic acids is 1. The Morgan fingerprint density at radius 1 is 0.619 bits per heavy atom. The number of nitrogens with one attached hydrogen (secondary N) is 1. The van der Waals surface area contributed by atoms with Crippen molar-refractivity contribution < 1.29 is 49.6 Å². The molecule has 0 aliphatic heterocycles. The molecule has 9 rings (SSSR count). The number of benzene rings is 4. The van der Waals surface area contributed by atoms with Crippen molar-refractivity contribution in [3.05, 3.63) is 132 Å². The van der Waals surface area contributed by atoms with Crippen molar-refractivity contribution in [2.45, 2.75) is 38.5 Å². The van der Waals surface area contributed by atoms with Crippen LogP contribution in [0.4, 0.5) is 0 Å². The molecule has 0 heterocycles. The summed E-state index contributed by atoms with van der Waals surface area (Å²) in [5.41, 5.74) is 9.82. The molecule has 1 amide bonds. The molecule has 5 heteroatoms. The van der Waals surface area contributed by atoms with Gasteiger partial charge in [0, 0.05) is 5.41 Å². The number of halogens is 2. The minimum absolute atomic E-state index is 0. The molecule has 0 spiro atoms. The first-order valence-corrected chi connectivity index (χ1v) is 15.3. The summed E-state index contributed by atoms with van der Waals surface area (Å²) in [7, 11) is 0. The zero-order chi connectivity index (χ0) is 27.5. The normalized spacial score (nSPS) is 23.0. The van der Waals surface area contributed by atoms with E-state index in [1.54, 1.807) is 0 Å². The standard InChI is InChI=1S/C13H9.C13H10.C11H17NO.2ClH.Ti/c1-3-7-12-10(5-1)9-11-6-2-4-8-13(11)12;1-3-7-12(8-4-1)11-13-9-5-2-6-10-13;12-10(13)11-4-7-1-8(5-11)3-9(2-7)6-11;;;/h1-9H;1-10H;7-9H,1-6H2,(H2,12,13);2*1H;/q-1;;;;;+2/p-3. The van der Waals surface area contributed by atoms with Crippen LogP contribution in [0.5, 0.6) is 0 Å². The van der Waals surface area contributed by atoms with Gasteiger partial charge in [-0.2, -0.15) is 0 Å². The summed E-state index contributed by atoms with van der Waals surface area (Å²) in [6.45, 7) is 0. The van der Waals surface area contributed by atoms with Gasteiger partial charge in [-0.1, -0.05) is 36.4 Å². The second-order valence-corrected chi connectivity index (χ2v) is 12.7. The van der Waals surface area contributed by atoms with E-state index >= 15 is 0 Å². The predicted octanol–water partition coefficient (Wildman–Crippen LogP) is 3.30. The Morgan fingerprint density at radius 3 is 1.36 bits per heavy atom. The zero-order valence-electron chi connectivity index (χ0n) is 23.6. The van der Waals surface area contributed by atoms with Crippen molar-refractivity contribution in [1.82, 2.24) is 0 Å². The summed E-state index contributed by atoms with van der Waals surface area (Å²) in [5, 5.41) is 5.39. The van der Waals surface area contributed by atoms with Crippen molar-refractivity contribution in [2.24, 2.45) is 23.2 Å². The predicted molar refractivity (Wildman–Crippen MR) is 163 cm³/mol. The van der Waals surface area contributed by atoms with E-state index in [0.29, 0.717) is 0 Å². The fourth-order valence-corrected chi connectivity index (χ4v) is 8.19. The summed E-state index contributed by atoms with van der Waals surface area (Å²) in [6.07, 6.45) is 7.19. The number of rotatable bonds is 3. The van der Waals surface area contributed by atoms with Gasteiger partial charge in [0.05, 0.1) is 5.91 Å². The van der Waals surface area contributed by atoms with Crippen LogP contribution in [0.3, 0.4) is 0 Å². The van der Waals surface area contributed by atoms with Crippen molar-refractivity contribution in [1.29, 1.82) is 0 Å². The number of fused-ring (bicyclic) bond motifs is 3. The third-order valence-corrected chi connectivity index (χ3v) is 10.1. The summed E-state index contributed by atoms with van der Waals surface area (Å²) in [6, 6.07) is 40.2. The van der Waals surface area contributed by atoms with E-state index in [1.807, 2.05) is 12.1 Å². The Bertz CT molecular complexity index is 1500. The van der Waals surface area contributed by atoms with Gasteiger partial charge in [-0.15, -0.1) is 39.7 Å². The third kappa shape index (κ3) is 6.95. The summed E-state index contributed by atoms with van der Waals surface area (Å²) >= 11 is 2.16. The monoisotopic (exact) mass is 627 g/mol. The molecular formula is C37H35Cl2NOTi-2. The fraction of sp³-hybridized carbons (Fsp3) is 0.270. The topological polar surface area (TPSA) is 40.9 Å². The summed E-state index contributed by atoms with van der Waals surface area (Å²) in [4.78, 5) is 11.4. The maximum Gasteiger partial charge on any atom is -0.0771 e. The van der Waals surface area contributed by atoms with Crippen LogP contribution in [0.1, 0.15) is 49.7 Å². The first-order valence-electron chi connectivity index (χ1n) is 14.5. The Morgan fingerprint density at radius 2 is 0.976 bits per heavy atom. The summed E-state index contributed by atoms with van der Waals surface area (Å²) in [5.74, 6) is 2.12. The molecule has 5 aromatic rings. The average Bonchev–Trinajstić information content (AvgIpc) is 3.37. The molecule has 42 heavy (non-hydrogen) atoms. The van der Waals surface area contributed by atoms with E-state index in [9.17, 15) is 4.79 Å². The van der Waals surface area contributed by atoms with Gasteiger partial charge < -0.3 is 35.3 Å². The van der Waals surface area contributed by atoms with Crippen LogP contribution in [0.25, 0.3) is 27.3 Å². The van der Waals surface area contributed by atoms with Gasteiger partial charge in [0.15, 0.2) is 0 Å². The van der Waals surface area contributed by atoms with Crippen LogP contribution in [0, 0.1) is 23.2 Å². The van der Waals surface area contributed by atoms with Gasteiger partial charge >= 0.3 is 95.6 Å². The number of hydrogen-bond acceptors (Lipinski definition) is 1. The van der Waals surface area contributed by atoms with Gasteiger partial charge in [0.1, 0.15) is 0 Å². The fourth-order valence-electron chi connectivity index (χ4n) is 7.67. The number of carbonyl (C=O) groups is 1. The summed E-state index contributed by atoms with van der Waals surface area (Å²) < 4.78 is 1.33. The van der Waals surface area contributed by atoms with Crippen molar-refractivity contribution >= 4 is 31.3 Å². The maximum atomic E-state index is 11.4. The number of hydrogen-bond donors (Lipinski definition) is 0. The Balaban J connectivity index is 0.000000141. The molecule has 0 radical (unpaired) electrons. The minimum Gasteiger partial charge on any atom is -0.126 e. The molecule has 4 fully saturated rings. The molecule has 0 atom stereocenters. The molecule has 2 nitrogen and oxygen atoms in total. The second-order valence-electron chi connectivity index (χ2n) is 12.0. The van der Waals surface area contributed by atoms with Gasteiger partial charge in [0.25, 0.3) is 0 Å². The molecule has 0 unspecified atom stereocenters. The molecule has 0 aromatic heterocycles. The van der Waals surface area contributed by atoms with Crippen LogP contribution in [0.2, 0.25) is 0 Å². The molecule has 4 saturated carbocycles. The Kier molecular flexibility index (Phi) is 10.9. The van der Waals surface area contributed by atoms with Crippen molar-refractivity contribution in [3.8, 4) is 0 Å². The average molecular weight is 628 g/mol. The van der Waals surface area contributed by atoms with E-state index in [2.05, 4.69) is 123 Å². The molecule has 214 valence electrons. The van der Waals surface area contributed by atoms with E-state index in [0.717, 1.165) is 37.0 Å². The quantitative estimate of drug-likeness (QED) is 0.224. The van der Waals surface area contributed by atoms with E-state index < -0.39 is 0 Å². The molecular weight excluding hydrogens is 593 g/mol. The van der Waals surface area contributed by atoms with Gasteiger partial charge in [-0.25, -0.2) is 0 Å². The second kappa shape index (κ2) is 14.2. The third-order valence-electron chi connectivity index (χ3n) is 9.17. The minimum atomic E-state index is -0.258. The Labute approximate surface area is 273 Å². The van der Waals surface area contributed by atoms with Crippen LogP contribution in [0.15, 0.2) is 115 Å². The SMILES string of the molecule is [Cl-].[Cl-].[NH-]C(=O)C12CC3CC(CC(C3)C1)C2.[Ti+2]=[C](c1ccccc1)c1ccccc1.c1ccc2c(c1)[cH-]c1ccccc12. The van der Waals surface area contributed by atoms with Gasteiger partial charge in [-0.05, 0) is 56.3 Å². The van der Waals surface area contributed by atoms with Gasteiger partial charge in [-0.3, -0.25) is 0 Å². The van der Waals surface area contributed by atoms with Crippen molar-refractivity contribution in [2.75, 3.05) is 0 Å². The number of amides is 1. The van der Waals surface area contributed by atoms with Crippen LogP contribution >= 0.6 is 0 Å². The van der Waals surface area contributed by atoms with E-state index in [1.165, 1.54) is 55.7 Å². The first kappa shape index (κ1) is 32.3. The van der Waals surface area contributed by atoms with Crippen LogP contribution < -0.4 is 24.8 Å². The maximum absolute atomic E-state index is 11.4. The van der Waals surface area contributed by atoms with E-state index in [-0.39, 0.29) is 36.1 Å². The molecule has 5 aromatic carbocycles. The Hall–Kier alpha value is -2.62. The molecule has 0 saturated heterocycles. The molecule has 4 bridgehead atoms. The smallest absolute Gasteiger partial charge is 0.0771 e. The molecule has 4 aliphatic rings. The van der Waals surface area contributed by atoms with Gasteiger partial charge in [0.2, 0.25) is 0 Å². The largest absolute Gasteiger partial charge is 0.126 e. The van der Waals surface area contributed by atoms with Crippen LogP contribution in [-0.4, -0.2) is 9.72 Å². The first-order chi connectivity index (χ1) is 19.5.